The molecular weight excluding hydrogens is 446 g/mol. The number of esters is 1. The van der Waals surface area contributed by atoms with Gasteiger partial charge in [-0.25, -0.2) is 4.79 Å². The maximum absolute atomic E-state index is 12.9. The van der Waals surface area contributed by atoms with Gasteiger partial charge in [-0.2, -0.15) is 4.68 Å². The number of hydrogen-bond donors (Lipinski definition) is 1. The van der Waals surface area contributed by atoms with E-state index >= 15 is 0 Å². The summed E-state index contributed by atoms with van der Waals surface area (Å²) in [4.78, 5) is 12.9. The first-order chi connectivity index (χ1) is 15.7. The van der Waals surface area contributed by atoms with Gasteiger partial charge in [0.1, 0.15) is 11.0 Å². The fourth-order valence-corrected chi connectivity index (χ4v) is 5.27. The third kappa shape index (κ3) is 3.87. The maximum Gasteiger partial charge on any atom is 0.338 e. The molecule has 0 spiro atoms. The number of ether oxygens (including phenoxy) is 1. The second kappa shape index (κ2) is 8.89. The molecule has 0 radical (unpaired) electrons. The van der Waals surface area contributed by atoms with E-state index in [1.807, 2.05) is 60.7 Å². The van der Waals surface area contributed by atoms with Crippen LogP contribution in [0.4, 0.5) is 5.95 Å². The number of thioether (sulfide) groups is 1. The second-order valence-corrected chi connectivity index (χ2v) is 9.00. The summed E-state index contributed by atoms with van der Waals surface area (Å²) in [5.41, 5.74) is 3.03. The molecule has 2 aromatic carbocycles. The van der Waals surface area contributed by atoms with E-state index < -0.39 is 12.0 Å². The van der Waals surface area contributed by atoms with Crippen LogP contribution in [0.1, 0.15) is 11.6 Å². The number of methoxy groups -OCH3 is 1. The van der Waals surface area contributed by atoms with Gasteiger partial charge >= 0.3 is 5.97 Å². The van der Waals surface area contributed by atoms with Crippen molar-refractivity contribution in [2.24, 2.45) is 0 Å². The average Bonchev–Trinajstić information content (AvgIpc) is 3.52. The van der Waals surface area contributed by atoms with Crippen molar-refractivity contribution < 1.29 is 9.53 Å². The number of rotatable bonds is 6. The van der Waals surface area contributed by atoms with Crippen LogP contribution in [0.25, 0.3) is 10.6 Å². The molecule has 3 heterocycles. The van der Waals surface area contributed by atoms with Gasteiger partial charge < -0.3 is 10.1 Å². The lowest BCUT2D eigenvalue weighted by molar-refractivity contribution is -0.136. The molecule has 1 unspecified atom stereocenters. The number of aromatic nitrogens is 6. The van der Waals surface area contributed by atoms with Crippen LogP contribution in [0.3, 0.4) is 0 Å². The van der Waals surface area contributed by atoms with E-state index in [9.17, 15) is 4.79 Å². The molecule has 0 fully saturated rings. The standard InChI is InChI=1S/C21H17N7O2S2/c1-30-19(29)16-15(12-31-21-25-23-18(32-21)14-10-6-3-7-11-14)22-20-24-26-27-28(20)17(16)13-8-4-2-5-9-13/h2-11,17H,12H2,1H3,(H,22,24,27). The van der Waals surface area contributed by atoms with Gasteiger partial charge in [-0.3, -0.25) is 0 Å². The Balaban J connectivity index is 1.47. The van der Waals surface area contributed by atoms with E-state index in [0.717, 1.165) is 20.5 Å². The average molecular weight is 464 g/mol. The minimum absolute atomic E-state index is 0.439. The zero-order chi connectivity index (χ0) is 21.9. The zero-order valence-corrected chi connectivity index (χ0v) is 18.5. The Hall–Kier alpha value is -3.57. The smallest absolute Gasteiger partial charge is 0.338 e. The lowest BCUT2D eigenvalue weighted by Crippen LogP contribution is -2.30. The van der Waals surface area contributed by atoms with Gasteiger partial charge in [0.2, 0.25) is 5.95 Å². The predicted molar refractivity (Wildman–Crippen MR) is 121 cm³/mol. The van der Waals surface area contributed by atoms with Crippen molar-refractivity contribution in [3.63, 3.8) is 0 Å². The Labute approximate surface area is 191 Å². The number of nitrogens with zero attached hydrogens (tertiary/aromatic N) is 6. The van der Waals surface area contributed by atoms with Crippen LogP contribution < -0.4 is 5.32 Å². The van der Waals surface area contributed by atoms with Crippen LogP contribution in [0.15, 0.2) is 76.3 Å². The highest BCUT2D eigenvalue weighted by Crippen LogP contribution is 2.37. The number of carbonyl (C=O) groups is 1. The van der Waals surface area contributed by atoms with Crippen LogP contribution in [0, 0.1) is 0 Å². The first-order valence-corrected chi connectivity index (χ1v) is 11.5. The van der Waals surface area contributed by atoms with Crippen LogP contribution >= 0.6 is 23.1 Å². The van der Waals surface area contributed by atoms with Gasteiger partial charge in [-0.15, -0.1) is 10.2 Å². The first kappa shape index (κ1) is 20.3. The molecule has 1 aliphatic heterocycles. The van der Waals surface area contributed by atoms with Gasteiger partial charge in [-0.1, -0.05) is 88.9 Å². The number of fused-ring (bicyclic) bond motifs is 1. The highest BCUT2D eigenvalue weighted by atomic mass is 32.2. The summed E-state index contributed by atoms with van der Waals surface area (Å²) in [5.74, 6) is 0.471. The molecule has 0 saturated heterocycles. The number of tetrazole rings is 1. The molecule has 1 aliphatic rings. The van der Waals surface area contributed by atoms with Crippen molar-refractivity contribution in [1.82, 2.24) is 30.4 Å². The quantitative estimate of drug-likeness (QED) is 0.340. The summed E-state index contributed by atoms with van der Waals surface area (Å²) in [5, 5.41) is 24.6. The molecule has 160 valence electrons. The Kier molecular flexibility index (Phi) is 5.65. The van der Waals surface area contributed by atoms with Gasteiger partial charge in [0, 0.05) is 17.0 Å². The number of hydrogen-bond acceptors (Lipinski definition) is 10. The summed E-state index contributed by atoms with van der Waals surface area (Å²) >= 11 is 2.99. The molecule has 0 bridgehead atoms. The molecule has 5 rings (SSSR count). The Bertz CT molecular complexity index is 1270. The van der Waals surface area contributed by atoms with E-state index in [1.165, 1.54) is 30.2 Å². The van der Waals surface area contributed by atoms with Crippen LogP contribution in [0.5, 0.6) is 0 Å². The Morgan fingerprint density at radius 1 is 1.09 bits per heavy atom. The lowest BCUT2D eigenvalue weighted by Gasteiger charge is -2.28. The van der Waals surface area contributed by atoms with Crippen molar-refractivity contribution in [2.45, 2.75) is 10.4 Å². The zero-order valence-electron chi connectivity index (χ0n) is 16.9. The molecule has 0 aliphatic carbocycles. The molecule has 1 atom stereocenters. The van der Waals surface area contributed by atoms with Crippen LogP contribution in [-0.4, -0.2) is 49.2 Å². The summed E-state index contributed by atoms with van der Waals surface area (Å²) in [6, 6.07) is 19.0. The normalized spacial score (nSPS) is 15.2. The SMILES string of the molecule is COC(=O)C1=C(CSc2nnc(-c3ccccc3)s2)Nc2nnnn2C1c1ccccc1. The minimum atomic E-state index is -0.500. The number of benzene rings is 2. The Morgan fingerprint density at radius 2 is 1.84 bits per heavy atom. The summed E-state index contributed by atoms with van der Waals surface area (Å²) in [7, 11) is 1.37. The fourth-order valence-electron chi connectivity index (χ4n) is 3.44. The van der Waals surface area contributed by atoms with Crippen molar-refractivity contribution in [3.05, 3.63) is 77.5 Å². The highest BCUT2D eigenvalue weighted by molar-refractivity contribution is 8.01. The molecule has 0 amide bonds. The van der Waals surface area contributed by atoms with E-state index in [-0.39, 0.29) is 0 Å². The van der Waals surface area contributed by atoms with Crippen molar-refractivity contribution in [3.8, 4) is 10.6 Å². The molecule has 0 saturated carbocycles. The number of anilines is 1. The van der Waals surface area contributed by atoms with E-state index in [4.69, 9.17) is 4.74 Å². The highest BCUT2D eigenvalue weighted by Gasteiger charge is 2.36. The van der Waals surface area contributed by atoms with E-state index in [2.05, 4.69) is 31.0 Å². The summed E-state index contributed by atoms with van der Waals surface area (Å²) in [6.45, 7) is 0. The van der Waals surface area contributed by atoms with Gasteiger partial charge in [0.15, 0.2) is 4.34 Å². The molecule has 2 aromatic heterocycles. The number of nitrogens with one attached hydrogen (secondary N) is 1. The maximum atomic E-state index is 12.9. The van der Waals surface area contributed by atoms with Crippen molar-refractivity contribution >= 4 is 35.0 Å². The van der Waals surface area contributed by atoms with E-state index in [0.29, 0.717) is 23.0 Å². The first-order valence-electron chi connectivity index (χ1n) is 9.67. The molecule has 1 N–H and O–H groups in total. The van der Waals surface area contributed by atoms with Gasteiger partial charge in [-0.05, 0) is 16.0 Å². The summed E-state index contributed by atoms with van der Waals surface area (Å²) in [6.07, 6.45) is 0. The largest absolute Gasteiger partial charge is 0.466 e. The lowest BCUT2D eigenvalue weighted by atomic mass is 9.96. The second-order valence-electron chi connectivity index (χ2n) is 6.80. The van der Waals surface area contributed by atoms with E-state index in [1.54, 1.807) is 4.68 Å². The van der Waals surface area contributed by atoms with Gasteiger partial charge in [0.05, 0.1) is 12.7 Å². The Morgan fingerprint density at radius 3 is 2.59 bits per heavy atom. The van der Waals surface area contributed by atoms with Crippen LogP contribution in [-0.2, 0) is 9.53 Å². The van der Waals surface area contributed by atoms with Gasteiger partial charge in [0.25, 0.3) is 0 Å². The molecule has 11 heteroatoms. The third-order valence-corrected chi connectivity index (χ3v) is 7.02. The number of carbonyl (C=O) groups excluding carboxylic acids is 1. The monoisotopic (exact) mass is 463 g/mol. The summed E-state index contributed by atoms with van der Waals surface area (Å²) < 4.78 is 7.51. The van der Waals surface area contributed by atoms with Crippen molar-refractivity contribution in [1.29, 1.82) is 0 Å². The minimum Gasteiger partial charge on any atom is -0.466 e. The predicted octanol–water partition coefficient (Wildman–Crippen LogP) is 3.43. The third-order valence-electron chi connectivity index (χ3n) is 4.89. The van der Waals surface area contributed by atoms with Crippen LogP contribution in [0.2, 0.25) is 0 Å². The fraction of sp³-hybridized carbons (Fsp3) is 0.143. The molecule has 9 nitrogen and oxygen atoms in total. The molecule has 32 heavy (non-hydrogen) atoms. The van der Waals surface area contributed by atoms with Crippen molar-refractivity contribution in [2.75, 3.05) is 18.2 Å². The molecular formula is C21H17N7O2S2. The topological polar surface area (TPSA) is 108 Å². The molecule has 4 aromatic rings.